The van der Waals surface area contributed by atoms with Crippen LogP contribution in [0.1, 0.15) is 22.3 Å². The van der Waals surface area contributed by atoms with Crippen molar-refractivity contribution in [2.75, 3.05) is 20.3 Å². The van der Waals surface area contributed by atoms with Gasteiger partial charge in [0.2, 0.25) is 0 Å². The van der Waals surface area contributed by atoms with Crippen LogP contribution in [0.15, 0.2) is 24.3 Å². The van der Waals surface area contributed by atoms with Gasteiger partial charge in [0, 0.05) is 6.42 Å². The fourth-order valence-electron chi connectivity index (χ4n) is 1.84. The highest BCUT2D eigenvalue weighted by Crippen LogP contribution is 2.16. The third kappa shape index (κ3) is 3.05. The Morgan fingerprint density at radius 1 is 1.35 bits per heavy atom. The third-order valence-corrected chi connectivity index (χ3v) is 2.71. The molecule has 1 aromatic carbocycles. The Hall–Kier alpha value is -1.39. The number of benzene rings is 1. The lowest BCUT2D eigenvalue weighted by Crippen LogP contribution is -2.27. The number of carbonyl (C=O) groups is 1. The van der Waals surface area contributed by atoms with Gasteiger partial charge in [-0.15, -0.1) is 0 Å². The predicted octanol–water partition coefficient (Wildman–Crippen LogP) is 1.78. The minimum atomic E-state index is -0.323. The summed E-state index contributed by atoms with van der Waals surface area (Å²) in [4.78, 5) is 11.6. The van der Waals surface area contributed by atoms with Gasteiger partial charge in [-0.05, 0) is 18.1 Å². The number of hydrogen-bond acceptors (Lipinski definition) is 4. The molecule has 1 saturated heterocycles. The van der Waals surface area contributed by atoms with Crippen molar-refractivity contribution in [3.8, 4) is 0 Å². The summed E-state index contributed by atoms with van der Waals surface area (Å²) >= 11 is 0. The molecule has 0 N–H and O–H groups in total. The zero-order valence-corrected chi connectivity index (χ0v) is 9.85. The van der Waals surface area contributed by atoms with E-state index in [9.17, 15) is 4.79 Å². The molecular weight excluding hydrogens is 220 g/mol. The first kappa shape index (κ1) is 12.1. The molecule has 1 aromatic rings. The standard InChI is InChI=1S/C13H16O4/c1-15-13(14)11-6-3-2-5-10(11)9-12-16-7-4-8-17-12/h2-3,5-6,12H,4,7-9H2,1H3. The van der Waals surface area contributed by atoms with Crippen LogP contribution in [-0.4, -0.2) is 32.6 Å². The van der Waals surface area contributed by atoms with Crippen molar-refractivity contribution in [2.24, 2.45) is 0 Å². The average molecular weight is 236 g/mol. The van der Waals surface area contributed by atoms with E-state index in [0.29, 0.717) is 25.2 Å². The normalized spacial score (nSPS) is 16.8. The largest absolute Gasteiger partial charge is 0.465 e. The number of hydrogen-bond donors (Lipinski definition) is 0. The van der Waals surface area contributed by atoms with Crippen LogP contribution in [0, 0.1) is 0 Å². The van der Waals surface area contributed by atoms with Gasteiger partial charge in [-0.3, -0.25) is 0 Å². The fourth-order valence-corrected chi connectivity index (χ4v) is 1.84. The van der Waals surface area contributed by atoms with E-state index in [2.05, 4.69) is 0 Å². The van der Waals surface area contributed by atoms with Gasteiger partial charge in [0.05, 0.1) is 25.9 Å². The Morgan fingerprint density at radius 2 is 2.06 bits per heavy atom. The Bertz CT molecular complexity index is 383. The first-order chi connectivity index (χ1) is 8.31. The van der Waals surface area contributed by atoms with Crippen LogP contribution >= 0.6 is 0 Å². The number of rotatable bonds is 3. The molecule has 0 aliphatic carbocycles. The predicted molar refractivity (Wildman–Crippen MR) is 61.8 cm³/mol. The number of ether oxygens (including phenoxy) is 3. The van der Waals surface area contributed by atoms with Gasteiger partial charge in [0.25, 0.3) is 0 Å². The van der Waals surface area contributed by atoms with Crippen LogP contribution in [-0.2, 0) is 20.6 Å². The second kappa shape index (κ2) is 5.80. The van der Waals surface area contributed by atoms with Gasteiger partial charge in [0.1, 0.15) is 0 Å². The molecule has 0 bridgehead atoms. The molecule has 1 aliphatic rings. The van der Waals surface area contributed by atoms with Crippen LogP contribution in [0.4, 0.5) is 0 Å². The second-order valence-corrected chi connectivity index (χ2v) is 3.88. The lowest BCUT2D eigenvalue weighted by molar-refractivity contribution is -0.176. The van der Waals surface area contributed by atoms with Gasteiger partial charge >= 0.3 is 5.97 Å². The minimum Gasteiger partial charge on any atom is -0.465 e. The lowest BCUT2D eigenvalue weighted by Gasteiger charge is -2.23. The van der Waals surface area contributed by atoms with E-state index in [0.717, 1.165) is 12.0 Å². The molecule has 2 rings (SSSR count). The molecular formula is C13H16O4. The van der Waals surface area contributed by atoms with Gasteiger partial charge in [-0.2, -0.15) is 0 Å². The molecule has 0 amide bonds. The smallest absolute Gasteiger partial charge is 0.338 e. The van der Waals surface area contributed by atoms with Crippen molar-refractivity contribution < 1.29 is 19.0 Å². The third-order valence-electron chi connectivity index (χ3n) is 2.71. The summed E-state index contributed by atoms with van der Waals surface area (Å²) in [5.41, 5.74) is 1.47. The van der Waals surface area contributed by atoms with Gasteiger partial charge in [-0.25, -0.2) is 4.79 Å². The molecule has 4 heteroatoms. The zero-order chi connectivity index (χ0) is 12.1. The fraction of sp³-hybridized carbons (Fsp3) is 0.462. The van der Waals surface area contributed by atoms with Crippen molar-refractivity contribution in [1.29, 1.82) is 0 Å². The van der Waals surface area contributed by atoms with Crippen molar-refractivity contribution in [1.82, 2.24) is 0 Å². The SMILES string of the molecule is COC(=O)c1ccccc1CC1OCCCO1. The van der Waals surface area contributed by atoms with Crippen LogP contribution < -0.4 is 0 Å². The van der Waals surface area contributed by atoms with Crippen molar-refractivity contribution in [3.05, 3.63) is 35.4 Å². The first-order valence-electron chi connectivity index (χ1n) is 5.70. The summed E-state index contributed by atoms with van der Waals surface area (Å²) in [6.07, 6.45) is 1.25. The molecule has 0 saturated carbocycles. The molecule has 92 valence electrons. The maximum atomic E-state index is 11.6. The number of methoxy groups -OCH3 is 1. The molecule has 0 spiro atoms. The maximum Gasteiger partial charge on any atom is 0.338 e. The van der Waals surface area contributed by atoms with Gasteiger partial charge < -0.3 is 14.2 Å². The summed E-state index contributed by atoms with van der Waals surface area (Å²) in [5.74, 6) is -0.323. The summed E-state index contributed by atoms with van der Waals surface area (Å²) in [7, 11) is 1.38. The second-order valence-electron chi connectivity index (χ2n) is 3.88. The molecule has 0 radical (unpaired) electrons. The molecule has 1 heterocycles. The van der Waals surface area contributed by atoms with Crippen molar-refractivity contribution >= 4 is 5.97 Å². The van der Waals surface area contributed by atoms with E-state index in [1.807, 2.05) is 18.2 Å². The number of esters is 1. The molecule has 4 nitrogen and oxygen atoms in total. The highest BCUT2D eigenvalue weighted by atomic mass is 16.7. The molecule has 1 aliphatic heterocycles. The monoisotopic (exact) mass is 236 g/mol. The Balaban J connectivity index is 2.11. The Kier molecular flexibility index (Phi) is 4.12. The quantitative estimate of drug-likeness (QED) is 0.750. The summed E-state index contributed by atoms with van der Waals surface area (Å²) in [6, 6.07) is 7.36. The summed E-state index contributed by atoms with van der Waals surface area (Å²) in [5, 5.41) is 0. The van der Waals surface area contributed by atoms with Gasteiger partial charge in [-0.1, -0.05) is 18.2 Å². The zero-order valence-electron chi connectivity index (χ0n) is 9.85. The highest BCUT2D eigenvalue weighted by Gasteiger charge is 2.18. The van der Waals surface area contributed by atoms with Crippen molar-refractivity contribution in [2.45, 2.75) is 19.1 Å². The highest BCUT2D eigenvalue weighted by molar-refractivity contribution is 5.90. The Morgan fingerprint density at radius 3 is 2.76 bits per heavy atom. The maximum absolute atomic E-state index is 11.6. The molecule has 17 heavy (non-hydrogen) atoms. The van der Waals surface area contributed by atoms with Crippen LogP contribution in [0.3, 0.4) is 0 Å². The van der Waals surface area contributed by atoms with Gasteiger partial charge in [0.15, 0.2) is 6.29 Å². The lowest BCUT2D eigenvalue weighted by atomic mass is 10.0. The van der Waals surface area contributed by atoms with Crippen LogP contribution in [0.5, 0.6) is 0 Å². The average Bonchev–Trinajstić information content (AvgIpc) is 2.40. The Labute approximate surface area is 100 Å². The van der Waals surface area contributed by atoms with E-state index in [-0.39, 0.29) is 12.3 Å². The van der Waals surface area contributed by atoms with E-state index >= 15 is 0 Å². The van der Waals surface area contributed by atoms with E-state index in [1.165, 1.54) is 7.11 Å². The molecule has 0 aromatic heterocycles. The van der Waals surface area contributed by atoms with Crippen LogP contribution in [0.25, 0.3) is 0 Å². The first-order valence-corrected chi connectivity index (χ1v) is 5.70. The molecule has 1 fully saturated rings. The van der Waals surface area contributed by atoms with E-state index in [4.69, 9.17) is 14.2 Å². The van der Waals surface area contributed by atoms with E-state index in [1.54, 1.807) is 6.07 Å². The van der Waals surface area contributed by atoms with Crippen molar-refractivity contribution in [3.63, 3.8) is 0 Å². The molecule has 0 unspecified atom stereocenters. The molecule has 0 atom stereocenters. The van der Waals surface area contributed by atoms with Crippen LogP contribution in [0.2, 0.25) is 0 Å². The summed E-state index contributed by atoms with van der Waals surface area (Å²) in [6.45, 7) is 1.43. The minimum absolute atomic E-state index is 0.255. The van der Waals surface area contributed by atoms with E-state index < -0.39 is 0 Å². The topological polar surface area (TPSA) is 44.8 Å². The summed E-state index contributed by atoms with van der Waals surface area (Å²) < 4.78 is 15.7. The number of carbonyl (C=O) groups excluding carboxylic acids is 1.